The molecule has 3 aromatic rings. The quantitative estimate of drug-likeness (QED) is 0.325. The summed E-state index contributed by atoms with van der Waals surface area (Å²) in [6, 6.07) is 11.6. The minimum absolute atomic E-state index is 0.0235. The normalized spacial score (nSPS) is 11.2. The molecule has 0 radical (unpaired) electrons. The lowest BCUT2D eigenvalue weighted by molar-refractivity contribution is -0.113. The average Bonchev–Trinajstić information content (AvgIpc) is 3.13. The molecule has 0 unspecified atom stereocenters. The number of anilines is 1. The average molecular weight is 507 g/mol. The molecule has 3 rings (SSSR count). The topological polar surface area (TPSA) is 103 Å². The number of benzene rings is 2. The van der Waals surface area contributed by atoms with Gasteiger partial charge >= 0.3 is 0 Å². The number of hydrogen-bond acceptors (Lipinski definition) is 7. The van der Waals surface area contributed by atoms with Crippen molar-refractivity contribution in [2.75, 3.05) is 18.2 Å². The molecule has 1 N–H and O–H groups in total. The summed E-state index contributed by atoms with van der Waals surface area (Å²) in [5.41, 5.74) is 1.42. The van der Waals surface area contributed by atoms with Crippen molar-refractivity contribution in [1.29, 1.82) is 0 Å². The van der Waals surface area contributed by atoms with Crippen LogP contribution in [0.2, 0.25) is 5.02 Å². The minimum Gasteiger partial charge on any atom is -0.495 e. The summed E-state index contributed by atoms with van der Waals surface area (Å²) < 4.78 is 32.5. The summed E-state index contributed by atoms with van der Waals surface area (Å²) in [5.74, 6) is 0.160. The first kappa shape index (κ1) is 24.8. The Morgan fingerprint density at radius 2 is 1.97 bits per heavy atom. The molecule has 33 heavy (non-hydrogen) atoms. The summed E-state index contributed by atoms with van der Waals surface area (Å²) in [7, 11) is -2.12. The molecular formula is C22H23ClN4O4S2. The lowest BCUT2D eigenvalue weighted by atomic mass is 10.2. The zero-order valence-electron chi connectivity index (χ0n) is 18.1. The van der Waals surface area contributed by atoms with Gasteiger partial charge in [0, 0.05) is 11.6 Å². The molecule has 0 spiro atoms. The van der Waals surface area contributed by atoms with Gasteiger partial charge in [0.1, 0.15) is 17.3 Å². The largest absolute Gasteiger partial charge is 0.495 e. The van der Waals surface area contributed by atoms with Crippen LogP contribution < -0.4 is 10.1 Å². The van der Waals surface area contributed by atoms with E-state index in [1.165, 1.54) is 7.11 Å². The number of halogens is 1. The number of nitrogens with one attached hydrogen (secondary N) is 1. The molecule has 0 atom stereocenters. The number of carbonyl (C=O) groups excluding carboxylic acids is 1. The van der Waals surface area contributed by atoms with Gasteiger partial charge in [0.15, 0.2) is 15.0 Å². The predicted octanol–water partition coefficient (Wildman–Crippen LogP) is 4.14. The Balaban J connectivity index is 1.73. The third-order valence-electron chi connectivity index (χ3n) is 4.57. The Labute approximate surface area is 201 Å². The fourth-order valence-electron chi connectivity index (χ4n) is 2.94. The van der Waals surface area contributed by atoms with E-state index < -0.39 is 9.84 Å². The standard InChI is InChI=1S/C22H23ClN4O4S2/c1-4-11-27-20(14-33(29,30)17-8-5-15(2)6-9-17)25-26-22(27)32-13-21(28)24-18-12-16(23)7-10-19(18)31-3/h4-10,12H,1,11,13-14H2,2-3H3,(H,24,28). The van der Waals surface area contributed by atoms with Crippen LogP contribution in [0.5, 0.6) is 5.75 Å². The lowest BCUT2D eigenvalue weighted by Gasteiger charge is -2.11. The third-order valence-corrected chi connectivity index (χ3v) is 7.40. The van der Waals surface area contributed by atoms with Crippen molar-refractivity contribution in [3.05, 3.63) is 71.5 Å². The Kier molecular flexibility index (Phi) is 8.17. The van der Waals surface area contributed by atoms with Crippen LogP contribution in [0, 0.1) is 6.92 Å². The fourth-order valence-corrected chi connectivity index (χ4v) is 5.15. The predicted molar refractivity (Wildman–Crippen MR) is 130 cm³/mol. The molecule has 1 aromatic heterocycles. The minimum atomic E-state index is -3.61. The van der Waals surface area contributed by atoms with E-state index in [-0.39, 0.29) is 28.1 Å². The number of nitrogens with zero attached hydrogens (tertiary/aromatic N) is 3. The fraction of sp³-hybridized carbons (Fsp3) is 0.227. The molecule has 0 fully saturated rings. The van der Waals surface area contributed by atoms with Gasteiger partial charge in [-0.25, -0.2) is 8.42 Å². The van der Waals surface area contributed by atoms with Gasteiger partial charge in [0.2, 0.25) is 5.91 Å². The Morgan fingerprint density at radius 3 is 2.64 bits per heavy atom. The van der Waals surface area contributed by atoms with Crippen molar-refractivity contribution >= 4 is 44.8 Å². The van der Waals surface area contributed by atoms with Crippen molar-refractivity contribution in [2.24, 2.45) is 0 Å². The van der Waals surface area contributed by atoms with E-state index in [9.17, 15) is 13.2 Å². The van der Waals surface area contributed by atoms with E-state index in [0.29, 0.717) is 28.2 Å². The summed E-state index contributed by atoms with van der Waals surface area (Å²) >= 11 is 7.14. The number of ether oxygens (including phenoxy) is 1. The van der Waals surface area contributed by atoms with Crippen LogP contribution in [0.3, 0.4) is 0 Å². The number of hydrogen-bond donors (Lipinski definition) is 1. The number of allylic oxidation sites excluding steroid dienone is 1. The Hall–Kier alpha value is -2.82. The molecule has 0 saturated heterocycles. The van der Waals surface area contributed by atoms with Gasteiger partial charge in [0.25, 0.3) is 0 Å². The zero-order chi connectivity index (χ0) is 24.0. The van der Waals surface area contributed by atoms with Crippen molar-refractivity contribution in [3.8, 4) is 5.75 Å². The van der Waals surface area contributed by atoms with Crippen LogP contribution in [-0.4, -0.2) is 42.0 Å². The van der Waals surface area contributed by atoms with Gasteiger partial charge in [-0.3, -0.25) is 4.79 Å². The number of aromatic nitrogens is 3. The van der Waals surface area contributed by atoms with Crippen molar-refractivity contribution in [3.63, 3.8) is 0 Å². The number of carbonyl (C=O) groups is 1. The highest BCUT2D eigenvalue weighted by Crippen LogP contribution is 2.28. The van der Waals surface area contributed by atoms with Gasteiger partial charge in [0.05, 0.1) is 23.4 Å². The van der Waals surface area contributed by atoms with E-state index in [1.54, 1.807) is 53.1 Å². The maximum atomic E-state index is 12.8. The monoisotopic (exact) mass is 506 g/mol. The van der Waals surface area contributed by atoms with Crippen LogP contribution in [0.15, 0.2) is 65.2 Å². The highest BCUT2D eigenvalue weighted by Gasteiger charge is 2.22. The second kappa shape index (κ2) is 10.9. The molecule has 0 aliphatic heterocycles. The third kappa shape index (κ3) is 6.37. The summed E-state index contributed by atoms with van der Waals surface area (Å²) in [5, 5.41) is 11.8. The first-order valence-electron chi connectivity index (χ1n) is 9.82. The van der Waals surface area contributed by atoms with Gasteiger partial charge < -0.3 is 14.6 Å². The summed E-state index contributed by atoms with van der Waals surface area (Å²) in [6.07, 6.45) is 1.62. The molecule has 1 amide bonds. The van der Waals surface area contributed by atoms with Gasteiger partial charge in [-0.1, -0.05) is 47.1 Å². The SMILES string of the molecule is C=CCn1c(CS(=O)(=O)c2ccc(C)cc2)nnc1SCC(=O)Nc1cc(Cl)ccc1OC. The van der Waals surface area contributed by atoms with Crippen molar-refractivity contribution in [2.45, 2.75) is 29.3 Å². The molecule has 174 valence electrons. The molecule has 2 aromatic carbocycles. The van der Waals surface area contributed by atoms with Gasteiger partial charge in [-0.15, -0.1) is 16.8 Å². The van der Waals surface area contributed by atoms with Crippen LogP contribution in [0.25, 0.3) is 0 Å². The highest BCUT2D eigenvalue weighted by molar-refractivity contribution is 7.99. The number of rotatable bonds is 10. The highest BCUT2D eigenvalue weighted by atomic mass is 35.5. The maximum Gasteiger partial charge on any atom is 0.234 e. The Bertz CT molecular complexity index is 1260. The molecule has 11 heteroatoms. The summed E-state index contributed by atoms with van der Waals surface area (Å²) in [6.45, 7) is 5.91. The van der Waals surface area contributed by atoms with E-state index >= 15 is 0 Å². The molecular weight excluding hydrogens is 484 g/mol. The summed E-state index contributed by atoms with van der Waals surface area (Å²) in [4.78, 5) is 12.7. The van der Waals surface area contributed by atoms with Crippen molar-refractivity contribution < 1.29 is 17.9 Å². The molecule has 0 aliphatic carbocycles. The number of amides is 1. The van der Waals surface area contributed by atoms with Crippen LogP contribution in [-0.2, 0) is 26.9 Å². The van der Waals surface area contributed by atoms with E-state index in [1.807, 2.05) is 6.92 Å². The van der Waals surface area contributed by atoms with Crippen LogP contribution in [0.4, 0.5) is 5.69 Å². The molecule has 0 bridgehead atoms. The molecule has 0 aliphatic rings. The number of methoxy groups -OCH3 is 1. The van der Waals surface area contributed by atoms with Crippen molar-refractivity contribution in [1.82, 2.24) is 14.8 Å². The number of sulfone groups is 1. The van der Waals surface area contributed by atoms with Gasteiger partial charge in [-0.05, 0) is 37.3 Å². The van der Waals surface area contributed by atoms with E-state index in [4.69, 9.17) is 16.3 Å². The van der Waals surface area contributed by atoms with E-state index in [2.05, 4.69) is 22.1 Å². The van der Waals surface area contributed by atoms with Crippen LogP contribution in [0.1, 0.15) is 11.4 Å². The maximum absolute atomic E-state index is 12.8. The number of thioether (sulfide) groups is 1. The van der Waals surface area contributed by atoms with Crippen LogP contribution >= 0.6 is 23.4 Å². The molecule has 1 heterocycles. The number of aryl methyl sites for hydroxylation is 1. The van der Waals surface area contributed by atoms with Gasteiger partial charge in [-0.2, -0.15) is 0 Å². The smallest absolute Gasteiger partial charge is 0.234 e. The second-order valence-electron chi connectivity index (χ2n) is 7.05. The first-order valence-corrected chi connectivity index (χ1v) is 12.8. The second-order valence-corrected chi connectivity index (χ2v) is 10.4. The molecule has 0 saturated carbocycles. The molecule has 8 nitrogen and oxygen atoms in total. The zero-order valence-corrected chi connectivity index (χ0v) is 20.5. The first-order chi connectivity index (χ1) is 15.7. The van der Waals surface area contributed by atoms with E-state index in [0.717, 1.165) is 17.3 Å². The Morgan fingerprint density at radius 1 is 1.24 bits per heavy atom. The lowest BCUT2D eigenvalue weighted by Crippen LogP contribution is -2.16.